The third kappa shape index (κ3) is 1.56. The predicted octanol–water partition coefficient (Wildman–Crippen LogP) is 2.16. The summed E-state index contributed by atoms with van der Waals surface area (Å²) in [6, 6.07) is 14.5. The second kappa shape index (κ2) is 3.63. The number of benzene rings is 2. The standard InChI is InChI=1S/C14H13N3/c15-14(16)17-13-7-3-6-11-10-5-2-1-4-9(10)8-12(11)13/h1-7H,8H2,(H4,15,16,17). The van der Waals surface area contributed by atoms with E-state index >= 15 is 0 Å². The van der Waals surface area contributed by atoms with Crippen LogP contribution in [0.3, 0.4) is 0 Å². The van der Waals surface area contributed by atoms with Crippen LogP contribution in [0, 0.1) is 0 Å². The van der Waals surface area contributed by atoms with Crippen LogP contribution in [0.15, 0.2) is 47.5 Å². The molecule has 0 saturated heterocycles. The first-order valence-corrected chi connectivity index (χ1v) is 5.55. The van der Waals surface area contributed by atoms with Crippen LogP contribution < -0.4 is 11.5 Å². The van der Waals surface area contributed by atoms with Crippen LogP contribution in [0.1, 0.15) is 11.1 Å². The Bertz CT molecular complexity index is 611. The van der Waals surface area contributed by atoms with E-state index in [9.17, 15) is 0 Å². The van der Waals surface area contributed by atoms with Crippen molar-refractivity contribution in [1.29, 1.82) is 0 Å². The molecular formula is C14H13N3. The molecule has 1 aliphatic rings. The van der Waals surface area contributed by atoms with Crippen molar-refractivity contribution in [3.8, 4) is 11.1 Å². The van der Waals surface area contributed by atoms with Crippen LogP contribution in [-0.2, 0) is 6.42 Å². The normalized spacial score (nSPS) is 11.8. The molecule has 0 aliphatic heterocycles. The molecule has 1 aliphatic carbocycles. The molecule has 0 spiro atoms. The van der Waals surface area contributed by atoms with Crippen LogP contribution in [0.4, 0.5) is 5.69 Å². The number of hydrogen-bond donors (Lipinski definition) is 2. The van der Waals surface area contributed by atoms with E-state index in [4.69, 9.17) is 11.5 Å². The van der Waals surface area contributed by atoms with Gasteiger partial charge in [0.05, 0.1) is 5.69 Å². The van der Waals surface area contributed by atoms with Gasteiger partial charge in [0.2, 0.25) is 0 Å². The first kappa shape index (κ1) is 9.90. The lowest BCUT2D eigenvalue weighted by Gasteiger charge is -2.03. The summed E-state index contributed by atoms with van der Waals surface area (Å²) in [5.74, 6) is 0.106. The van der Waals surface area contributed by atoms with Gasteiger partial charge in [-0.1, -0.05) is 36.4 Å². The lowest BCUT2D eigenvalue weighted by molar-refractivity contribution is 1.24. The van der Waals surface area contributed by atoms with E-state index < -0.39 is 0 Å². The Kier molecular flexibility index (Phi) is 2.11. The summed E-state index contributed by atoms with van der Waals surface area (Å²) in [5.41, 5.74) is 16.8. The highest BCUT2D eigenvalue weighted by atomic mass is 15.0. The molecule has 0 bridgehead atoms. The van der Waals surface area contributed by atoms with E-state index in [1.807, 2.05) is 12.1 Å². The second-order valence-corrected chi connectivity index (χ2v) is 4.17. The van der Waals surface area contributed by atoms with Gasteiger partial charge in [0.25, 0.3) is 0 Å². The van der Waals surface area contributed by atoms with Crippen molar-refractivity contribution in [2.45, 2.75) is 6.42 Å². The van der Waals surface area contributed by atoms with E-state index in [2.05, 4.69) is 35.3 Å². The van der Waals surface area contributed by atoms with E-state index in [1.54, 1.807) is 0 Å². The number of hydrogen-bond acceptors (Lipinski definition) is 1. The van der Waals surface area contributed by atoms with Crippen molar-refractivity contribution >= 4 is 11.6 Å². The Morgan fingerprint density at radius 3 is 2.53 bits per heavy atom. The molecule has 2 aromatic carbocycles. The summed E-state index contributed by atoms with van der Waals surface area (Å²) < 4.78 is 0. The maximum atomic E-state index is 5.45. The molecular weight excluding hydrogens is 210 g/mol. The monoisotopic (exact) mass is 223 g/mol. The molecule has 0 fully saturated rings. The molecule has 0 aromatic heterocycles. The summed E-state index contributed by atoms with van der Waals surface area (Å²) >= 11 is 0. The van der Waals surface area contributed by atoms with Crippen molar-refractivity contribution in [2.24, 2.45) is 16.5 Å². The zero-order chi connectivity index (χ0) is 11.8. The van der Waals surface area contributed by atoms with Gasteiger partial charge in [-0.3, -0.25) is 0 Å². The fraction of sp³-hybridized carbons (Fsp3) is 0.0714. The minimum atomic E-state index is 0.106. The molecule has 0 radical (unpaired) electrons. The van der Waals surface area contributed by atoms with E-state index in [-0.39, 0.29) is 5.96 Å². The zero-order valence-corrected chi connectivity index (χ0v) is 9.35. The number of rotatable bonds is 1. The average molecular weight is 223 g/mol. The number of guanidine groups is 1. The number of nitrogens with zero attached hydrogens (tertiary/aromatic N) is 1. The summed E-state index contributed by atoms with van der Waals surface area (Å²) in [4.78, 5) is 4.19. The average Bonchev–Trinajstić information content (AvgIpc) is 2.68. The Hall–Kier alpha value is -2.29. The molecule has 3 nitrogen and oxygen atoms in total. The Balaban J connectivity index is 2.21. The highest BCUT2D eigenvalue weighted by Gasteiger charge is 2.19. The SMILES string of the molecule is NC(N)=Nc1cccc2c1Cc1ccccc1-2. The van der Waals surface area contributed by atoms with Crippen LogP contribution in [0.25, 0.3) is 11.1 Å². The first-order valence-electron chi connectivity index (χ1n) is 5.55. The van der Waals surface area contributed by atoms with Crippen molar-refractivity contribution in [3.63, 3.8) is 0 Å². The van der Waals surface area contributed by atoms with Crippen LogP contribution >= 0.6 is 0 Å². The van der Waals surface area contributed by atoms with Gasteiger partial charge in [-0.05, 0) is 28.3 Å². The minimum Gasteiger partial charge on any atom is -0.370 e. The molecule has 0 atom stereocenters. The van der Waals surface area contributed by atoms with Crippen molar-refractivity contribution in [3.05, 3.63) is 53.6 Å². The first-order chi connectivity index (χ1) is 8.25. The van der Waals surface area contributed by atoms with E-state index in [0.717, 1.165) is 12.1 Å². The van der Waals surface area contributed by atoms with Crippen molar-refractivity contribution < 1.29 is 0 Å². The van der Waals surface area contributed by atoms with Crippen molar-refractivity contribution in [2.75, 3.05) is 0 Å². The summed E-state index contributed by atoms with van der Waals surface area (Å²) in [7, 11) is 0. The van der Waals surface area contributed by atoms with Crippen molar-refractivity contribution in [1.82, 2.24) is 0 Å². The second-order valence-electron chi connectivity index (χ2n) is 4.17. The fourth-order valence-corrected chi connectivity index (χ4v) is 2.38. The van der Waals surface area contributed by atoms with Gasteiger partial charge in [0.15, 0.2) is 5.96 Å². The summed E-state index contributed by atoms with van der Waals surface area (Å²) in [5, 5.41) is 0. The summed E-state index contributed by atoms with van der Waals surface area (Å²) in [6.45, 7) is 0. The molecule has 84 valence electrons. The molecule has 3 heteroatoms. The topological polar surface area (TPSA) is 64.4 Å². The maximum Gasteiger partial charge on any atom is 0.191 e. The van der Waals surface area contributed by atoms with Gasteiger partial charge in [-0.2, -0.15) is 0 Å². The van der Waals surface area contributed by atoms with Crippen LogP contribution in [-0.4, -0.2) is 5.96 Å². The fourth-order valence-electron chi connectivity index (χ4n) is 2.38. The van der Waals surface area contributed by atoms with E-state index in [1.165, 1.54) is 22.3 Å². The largest absolute Gasteiger partial charge is 0.370 e. The van der Waals surface area contributed by atoms with Gasteiger partial charge in [-0.15, -0.1) is 0 Å². The molecule has 3 rings (SSSR count). The number of aliphatic imine (C=N–C) groups is 1. The molecule has 17 heavy (non-hydrogen) atoms. The maximum absolute atomic E-state index is 5.45. The van der Waals surface area contributed by atoms with E-state index in [0.29, 0.717) is 0 Å². The molecule has 0 saturated carbocycles. The molecule has 0 unspecified atom stereocenters. The Labute approximate surface area is 99.8 Å². The Morgan fingerprint density at radius 2 is 1.71 bits per heavy atom. The third-order valence-electron chi connectivity index (χ3n) is 3.08. The number of nitrogens with two attached hydrogens (primary N) is 2. The lowest BCUT2D eigenvalue weighted by atomic mass is 10.1. The van der Waals surface area contributed by atoms with Gasteiger partial charge in [0, 0.05) is 6.42 Å². The van der Waals surface area contributed by atoms with Gasteiger partial charge in [0.1, 0.15) is 0 Å². The van der Waals surface area contributed by atoms with Gasteiger partial charge in [-0.25, -0.2) is 4.99 Å². The molecule has 0 amide bonds. The summed E-state index contributed by atoms with van der Waals surface area (Å²) in [6.07, 6.45) is 0.901. The smallest absolute Gasteiger partial charge is 0.191 e. The number of fused-ring (bicyclic) bond motifs is 3. The zero-order valence-electron chi connectivity index (χ0n) is 9.35. The lowest BCUT2D eigenvalue weighted by Crippen LogP contribution is -2.22. The third-order valence-corrected chi connectivity index (χ3v) is 3.08. The quantitative estimate of drug-likeness (QED) is 0.490. The van der Waals surface area contributed by atoms with Gasteiger partial charge >= 0.3 is 0 Å². The Morgan fingerprint density at radius 1 is 0.941 bits per heavy atom. The van der Waals surface area contributed by atoms with Crippen LogP contribution in [0.5, 0.6) is 0 Å². The molecule has 4 N–H and O–H groups in total. The minimum absolute atomic E-state index is 0.106. The van der Waals surface area contributed by atoms with Crippen LogP contribution in [0.2, 0.25) is 0 Å². The molecule has 2 aromatic rings. The predicted molar refractivity (Wildman–Crippen MR) is 70.2 cm³/mol. The molecule has 0 heterocycles. The van der Waals surface area contributed by atoms with Gasteiger partial charge < -0.3 is 11.5 Å². The highest BCUT2D eigenvalue weighted by molar-refractivity contribution is 5.85. The highest BCUT2D eigenvalue weighted by Crippen LogP contribution is 2.40.